The van der Waals surface area contributed by atoms with E-state index in [0.717, 1.165) is 37.0 Å². The molecule has 4 atom stereocenters. The highest BCUT2D eigenvalue weighted by molar-refractivity contribution is 5.69. The van der Waals surface area contributed by atoms with E-state index in [4.69, 9.17) is 9.47 Å². The predicted molar refractivity (Wildman–Crippen MR) is 97.6 cm³/mol. The number of fused-ring (bicyclic) bond motifs is 5. The Hall–Kier alpha value is -2.17. The van der Waals surface area contributed by atoms with Crippen molar-refractivity contribution in [3.05, 3.63) is 40.9 Å². The first-order valence-corrected chi connectivity index (χ1v) is 9.70. The fourth-order valence-electron chi connectivity index (χ4n) is 5.68. The van der Waals surface area contributed by atoms with Gasteiger partial charge in [-0.2, -0.15) is 0 Å². The van der Waals surface area contributed by atoms with Gasteiger partial charge in [0.25, 0.3) is 0 Å². The van der Waals surface area contributed by atoms with Gasteiger partial charge in [-0.3, -0.25) is 9.59 Å². The second-order valence-electron chi connectivity index (χ2n) is 8.31. The fraction of sp³-hybridized carbons (Fsp3) is 0.545. The lowest BCUT2D eigenvalue weighted by molar-refractivity contribution is -0.139. The lowest BCUT2D eigenvalue weighted by Gasteiger charge is -2.49. The Kier molecular flexibility index (Phi) is 4.36. The largest absolute Gasteiger partial charge is 0.431 e. The molecule has 1 aromatic carbocycles. The standard InChI is InChI=1S/C22H25FO4/c1-12(24)26-19-8-6-14-15-10-11-22(3)18(7-9-20(22)27-13(2)25)16(15)4-5-17(14)21(19)23/h6,8-9,15-16,18H,4-5,7,10-11H2,1-3H3/t15-,16-,18+,22+/m1/s1. The van der Waals surface area contributed by atoms with Crippen LogP contribution in [-0.4, -0.2) is 11.9 Å². The van der Waals surface area contributed by atoms with Crippen LogP contribution in [0.15, 0.2) is 24.0 Å². The maximum atomic E-state index is 14.9. The Morgan fingerprint density at radius 3 is 2.59 bits per heavy atom. The molecule has 4 nitrogen and oxygen atoms in total. The highest BCUT2D eigenvalue weighted by Crippen LogP contribution is 2.61. The molecule has 0 radical (unpaired) electrons. The highest BCUT2D eigenvalue weighted by atomic mass is 19.1. The third-order valence-electron chi connectivity index (χ3n) is 6.83. The van der Waals surface area contributed by atoms with Crippen LogP contribution >= 0.6 is 0 Å². The summed E-state index contributed by atoms with van der Waals surface area (Å²) in [6.45, 7) is 4.93. The Morgan fingerprint density at radius 1 is 1.15 bits per heavy atom. The Labute approximate surface area is 158 Å². The fourth-order valence-corrected chi connectivity index (χ4v) is 5.68. The van der Waals surface area contributed by atoms with Crippen molar-refractivity contribution >= 4 is 11.9 Å². The Bertz CT molecular complexity index is 843. The molecule has 0 aliphatic heterocycles. The molecule has 144 valence electrons. The van der Waals surface area contributed by atoms with E-state index in [0.29, 0.717) is 29.7 Å². The molecule has 0 spiro atoms. The molecule has 1 saturated carbocycles. The van der Waals surface area contributed by atoms with E-state index in [-0.39, 0.29) is 23.0 Å². The number of rotatable bonds is 2. The van der Waals surface area contributed by atoms with Gasteiger partial charge in [0.1, 0.15) is 5.76 Å². The molecular weight excluding hydrogens is 347 g/mol. The lowest BCUT2D eigenvalue weighted by Crippen LogP contribution is -2.41. The summed E-state index contributed by atoms with van der Waals surface area (Å²) in [4.78, 5) is 22.7. The van der Waals surface area contributed by atoms with Gasteiger partial charge >= 0.3 is 11.9 Å². The van der Waals surface area contributed by atoms with Gasteiger partial charge in [-0.15, -0.1) is 0 Å². The lowest BCUT2D eigenvalue weighted by atomic mass is 9.55. The number of allylic oxidation sites excluding steroid dienone is 2. The minimum absolute atomic E-state index is 0.0278. The van der Waals surface area contributed by atoms with Crippen molar-refractivity contribution in [3.8, 4) is 5.75 Å². The van der Waals surface area contributed by atoms with Crippen LogP contribution in [0.4, 0.5) is 4.39 Å². The summed E-state index contributed by atoms with van der Waals surface area (Å²) in [6, 6.07) is 3.52. The zero-order valence-corrected chi connectivity index (χ0v) is 16.0. The number of ether oxygens (including phenoxy) is 2. The third-order valence-corrected chi connectivity index (χ3v) is 6.83. The molecule has 3 aliphatic rings. The molecule has 0 saturated heterocycles. The minimum atomic E-state index is -0.508. The van der Waals surface area contributed by atoms with Gasteiger partial charge in [0, 0.05) is 19.3 Å². The summed E-state index contributed by atoms with van der Waals surface area (Å²) in [7, 11) is 0. The second-order valence-corrected chi connectivity index (χ2v) is 8.31. The molecule has 0 N–H and O–H groups in total. The average molecular weight is 372 g/mol. The normalized spacial score (nSPS) is 31.3. The first kappa shape index (κ1) is 18.2. The first-order chi connectivity index (χ1) is 12.8. The molecule has 0 amide bonds. The van der Waals surface area contributed by atoms with Gasteiger partial charge in [-0.1, -0.05) is 13.0 Å². The molecule has 27 heavy (non-hydrogen) atoms. The van der Waals surface area contributed by atoms with Crippen molar-refractivity contribution in [1.82, 2.24) is 0 Å². The van der Waals surface area contributed by atoms with Gasteiger partial charge in [-0.25, -0.2) is 4.39 Å². The maximum Gasteiger partial charge on any atom is 0.308 e. The van der Waals surface area contributed by atoms with Gasteiger partial charge in [-0.05, 0) is 73.1 Å². The van der Waals surface area contributed by atoms with E-state index in [1.54, 1.807) is 6.07 Å². The van der Waals surface area contributed by atoms with E-state index >= 15 is 0 Å². The number of hydrogen-bond donors (Lipinski definition) is 0. The summed E-state index contributed by atoms with van der Waals surface area (Å²) in [5, 5.41) is 0. The number of halogens is 1. The van der Waals surface area contributed by atoms with Crippen LogP contribution in [0.3, 0.4) is 0 Å². The molecule has 3 aliphatic carbocycles. The van der Waals surface area contributed by atoms with Crippen molar-refractivity contribution in [2.45, 2.75) is 58.8 Å². The molecular formula is C22H25FO4. The van der Waals surface area contributed by atoms with Gasteiger partial charge in [0.2, 0.25) is 0 Å². The first-order valence-electron chi connectivity index (χ1n) is 9.70. The van der Waals surface area contributed by atoms with Crippen molar-refractivity contribution in [2.75, 3.05) is 0 Å². The molecule has 1 aromatic rings. The van der Waals surface area contributed by atoms with E-state index in [9.17, 15) is 14.0 Å². The van der Waals surface area contributed by atoms with Gasteiger partial charge in [0.15, 0.2) is 11.6 Å². The van der Waals surface area contributed by atoms with Crippen molar-refractivity contribution in [1.29, 1.82) is 0 Å². The number of esters is 2. The quantitative estimate of drug-likeness (QED) is 0.559. The number of hydrogen-bond acceptors (Lipinski definition) is 4. The third kappa shape index (κ3) is 2.88. The molecule has 0 bridgehead atoms. The second kappa shape index (κ2) is 6.47. The topological polar surface area (TPSA) is 52.6 Å². The van der Waals surface area contributed by atoms with Crippen molar-refractivity contribution in [3.63, 3.8) is 0 Å². The molecule has 0 aromatic heterocycles. The highest BCUT2D eigenvalue weighted by Gasteiger charge is 2.53. The van der Waals surface area contributed by atoms with Crippen LogP contribution in [0.25, 0.3) is 0 Å². The number of benzene rings is 1. The van der Waals surface area contributed by atoms with Gasteiger partial charge in [0.05, 0.1) is 0 Å². The zero-order chi connectivity index (χ0) is 19.3. The molecule has 4 rings (SSSR count). The maximum absolute atomic E-state index is 14.9. The summed E-state index contributed by atoms with van der Waals surface area (Å²) in [5.74, 6) is 0.845. The Morgan fingerprint density at radius 2 is 1.89 bits per heavy atom. The predicted octanol–water partition coefficient (Wildman–Crippen LogP) is 4.66. The number of carbonyl (C=O) groups is 2. The molecule has 0 unspecified atom stereocenters. The molecule has 1 fully saturated rings. The summed E-state index contributed by atoms with van der Waals surface area (Å²) >= 11 is 0. The van der Waals surface area contributed by atoms with E-state index < -0.39 is 5.97 Å². The molecule has 5 heteroatoms. The van der Waals surface area contributed by atoms with E-state index in [1.165, 1.54) is 13.8 Å². The van der Waals surface area contributed by atoms with Crippen molar-refractivity contribution in [2.24, 2.45) is 17.3 Å². The number of carbonyl (C=O) groups excluding carboxylic acids is 2. The van der Waals surface area contributed by atoms with Crippen LogP contribution < -0.4 is 4.74 Å². The smallest absolute Gasteiger partial charge is 0.308 e. The van der Waals surface area contributed by atoms with Crippen LogP contribution in [0.5, 0.6) is 5.75 Å². The summed E-state index contributed by atoms with van der Waals surface area (Å²) in [6.07, 6.45) is 6.39. The van der Waals surface area contributed by atoms with Crippen molar-refractivity contribution < 1.29 is 23.5 Å². The van der Waals surface area contributed by atoms with E-state index in [1.807, 2.05) is 6.07 Å². The van der Waals surface area contributed by atoms with E-state index in [2.05, 4.69) is 13.0 Å². The zero-order valence-electron chi connectivity index (χ0n) is 16.0. The SMILES string of the molecule is CC(=O)OC1=CC[C@H]2[C@@H]3CCc4c(ccc(OC(C)=O)c4F)[C@H]3CC[C@]12C. The minimum Gasteiger partial charge on any atom is -0.431 e. The summed E-state index contributed by atoms with van der Waals surface area (Å²) in [5.41, 5.74) is 1.65. The Balaban J connectivity index is 1.63. The molecule has 0 heterocycles. The van der Waals surface area contributed by atoms with Crippen LogP contribution in [-0.2, 0) is 20.7 Å². The average Bonchev–Trinajstić information content (AvgIpc) is 2.93. The van der Waals surface area contributed by atoms with Gasteiger partial charge < -0.3 is 9.47 Å². The monoisotopic (exact) mass is 372 g/mol. The van der Waals surface area contributed by atoms with Crippen LogP contribution in [0.1, 0.15) is 63.5 Å². The van der Waals surface area contributed by atoms with Crippen LogP contribution in [0.2, 0.25) is 0 Å². The van der Waals surface area contributed by atoms with Crippen LogP contribution in [0, 0.1) is 23.1 Å². The summed E-state index contributed by atoms with van der Waals surface area (Å²) < 4.78 is 25.4.